The molecule has 2 heterocycles. The fourth-order valence-corrected chi connectivity index (χ4v) is 4.28. The third-order valence-corrected chi connectivity index (χ3v) is 6.24. The number of pyridine rings is 1. The molecule has 148 valence electrons. The Hall–Kier alpha value is -2.86. The van der Waals surface area contributed by atoms with Gasteiger partial charge in [0.15, 0.2) is 10.8 Å². The van der Waals surface area contributed by atoms with Crippen LogP contribution in [0.25, 0.3) is 16.6 Å². The number of thioether (sulfide) groups is 1. The quantitative estimate of drug-likeness (QED) is 0.478. The zero-order valence-corrected chi connectivity index (χ0v) is 18.1. The van der Waals surface area contributed by atoms with E-state index < -0.39 is 0 Å². The van der Waals surface area contributed by atoms with Crippen molar-refractivity contribution in [3.8, 4) is 0 Å². The van der Waals surface area contributed by atoms with Crippen LogP contribution in [0, 0.1) is 34.6 Å². The number of hydrogen-bond acceptors (Lipinski definition) is 4. The number of carbonyl (C=O) groups excluding carboxylic acids is 1. The van der Waals surface area contributed by atoms with Crippen LogP contribution in [0.1, 0.15) is 27.8 Å². The number of aryl methyl sites for hydroxylation is 5. The van der Waals surface area contributed by atoms with Crippen LogP contribution in [-0.4, -0.2) is 26.3 Å². The molecule has 1 amide bonds. The fraction of sp³-hybridized carbons (Fsp3) is 0.261. The molecular weight excluding hydrogens is 380 g/mol. The summed E-state index contributed by atoms with van der Waals surface area (Å²) in [6, 6.07) is 12.5. The Kier molecular flexibility index (Phi) is 5.04. The van der Waals surface area contributed by atoms with E-state index in [1.165, 1.54) is 22.9 Å². The molecule has 0 radical (unpaired) electrons. The number of nitrogens with one attached hydrogen (secondary N) is 1. The third-order valence-electron chi connectivity index (χ3n) is 5.31. The Morgan fingerprint density at radius 3 is 2.52 bits per heavy atom. The highest BCUT2D eigenvalue weighted by molar-refractivity contribution is 7.99. The lowest BCUT2D eigenvalue weighted by atomic mass is 10.0. The first-order chi connectivity index (χ1) is 13.8. The van der Waals surface area contributed by atoms with Crippen LogP contribution in [0.3, 0.4) is 0 Å². The highest BCUT2D eigenvalue weighted by Crippen LogP contribution is 2.29. The molecule has 1 N–H and O–H groups in total. The number of aromatic nitrogens is 3. The Bertz CT molecular complexity index is 1260. The van der Waals surface area contributed by atoms with Gasteiger partial charge in [0.25, 0.3) is 0 Å². The van der Waals surface area contributed by atoms with Crippen molar-refractivity contribution in [3.05, 3.63) is 64.2 Å². The molecular formula is C23H24N4OS. The highest BCUT2D eigenvalue weighted by Gasteiger charge is 2.16. The summed E-state index contributed by atoms with van der Waals surface area (Å²) in [5.74, 6) is 0.222. The van der Waals surface area contributed by atoms with Crippen molar-refractivity contribution >= 4 is 39.9 Å². The van der Waals surface area contributed by atoms with E-state index in [0.29, 0.717) is 0 Å². The molecule has 0 aliphatic heterocycles. The lowest BCUT2D eigenvalue weighted by molar-refractivity contribution is -0.113. The summed E-state index contributed by atoms with van der Waals surface area (Å²) in [7, 11) is 0. The summed E-state index contributed by atoms with van der Waals surface area (Å²) in [4.78, 5) is 12.6. The topological polar surface area (TPSA) is 59.3 Å². The standard InChI is InChI=1S/C23H24N4OS/c1-13-6-7-15(3)19(10-13)24-20(28)12-29-23-26-25-22-16(4)11-18-9-8-14(2)17(5)21(18)27(22)23/h6-11H,12H2,1-5H3,(H,24,28). The molecule has 0 aliphatic carbocycles. The molecule has 0 saturated heterocycles. The first-order valence-electron chi connectivity index (χ1n) is 9.59. The van der Waals surface area contributed by atoms with Crippen LogP contribution in [0.5, 0.6) is 0 Å². The molecule has 4 rings (SSSR count). The lowest BCUT2D eigenvalue weighted by Crippen LogP contribution is -2.15. The van der Waals surface area contributed by atoms with Crippen molar-refractivity contribution in [3.63, 3.8) is 0 Å². The van der Waals surface area contributed by atoms with Gasteiger partial charge in [0.05, 0.1) is 11.3 Å². The third kappa shape index (κ3) is 3.60. The van der Waals surface area contributed by atoms with Crippen molar-refractivity contribution < 1.29 is 4.79 Å². The molecule has 0 fully saturated rings. The van der Waals surface area contributed by atoms with Gasteiger partial charge in [-0.05, 0) is 80.0 Å². The number of benzene rings is 2. The summed E-state index contributed by atoms with van der Waals surface area (Å²) in [6.45, 7) is 10.3. The van der Waals surface area contributed by atoms with Gasteiger partial charge in [0.2, 0.25) is 5.91 Å². The van der Waals surface area contributed by atoms with E-state index in [9.17, 15) is 4.79 Å². The summed E-state index contributed by atoms with van der Waals surface area (Å²) in [5, 5.41) is 13.7. The zero-order valence-electron chi connectivity index (χ0n) is 17.3. The Morgan fingerprint density at radius 2 is 1.72 bits per heavy atom. The molecule has 6 heteroatoms. The van der Waals surface area contributed by atoms with Crippen molar-refractivity contribution in [1.82, 2.24) is 14.6 Å². The SMILES string of the molecule is Cc1ccc(C)c(NC(=O)CSc2nnc3c(C)cc4ccc(C)c(C)c4n23)c1. The van der Waals surface area contributed by atoms with E-state index in [1.807, 2.05) is 39.0 Å². The van der Waals surface area contributed by atoms with Crippen LogP contribution >= 0.6 is 11.8 Å². The zero-order chi connectivity index (χ0) is 20.7. The second-order valence-electron chi connectivity index (χ2n) is 7.57. The Labute approximate surface area is 174 Å². The van der Waals surface area contributed by atoms with Gasteiger partial charge >= 0.3 is 0 Å². The second kappa shape index (κ2) is 7.52. The average Bonchev–Trinajstić information content (AvgIpc) is 3.11. The van der Waals surface area contributed by atoms with E-state index in [4.69, 9.17) is 0 Å². The average molecular weight is 405 g/mol. The largest absolute Gasteiger partial charge is 0.325 e. The molecule has 5 nitrogen and oxygen atoms in total. The number of nitrogens with zero attached hydrogens (tertiary/aromatic N) is 3. The van der Waals surface area contributed by atoms with Crippen LogP contribution in [0.2, 0.25) is 0 Å². The van der Waals surface area contributed by atoms with Crippen LogP contribution in [0.4, 0.5) is 5.69 Å². The van der Waals surface area contributed by atoms with Crippen LogP contribution in [-0.2, 0) is 4.79 Å². The predicted molar refractivity (Wildman–Crippen MR) is 120 cm³/mol. The fourth-order valence-electron chi connectivity index (χ4n) is 3.54. The number of fused-ring (bicyclic) bond motifs is 3. The van der Waals surface area contributed by atoms with Gasteiger partial charge in [0.1, 0.15) is 0 Å². The smallest absolute Gasteiger partial charge is 0.234 e. The van der Waals surface area contributed by atoms with Crippen molar-refractivity contribution in [2.75, 3.05) is 11.1 Å². The molecule has 0 bridgehead atoms. The Morgan fingerprint density at radius 1 is 0.966 bits per heavy atom. The van der Waals surface area contributed by atoms with E-state index in [-0.39, 0.29) is 11.7 Å². The van der Waals surface area contributed by atoms with Gasteiger partial charge in [-0.3, -0.25) is 9.20 Å². The van der Waals surface area contributed by atoms with Gasteiger partial charge in [-0.2, -0.15) is 0 Å². The summed E-state index contributed by atoms with van der Waals surface area (Å²) < 4.78 is 2.09. The normalized spacial score (nSPS) is 11.3. The number of amides is 1. The lowest BCUT2D eigenvalue weighted by Gasteiger charge is -2.12. The Balaban J connectivity index is 1.66. The summed E-state index contributed by atoms with van der Waals surface area (Å²) >= 11 is 1.41. The van der Waals surface area contributed by atoms with E-state index in [2.05, 4.69) is 52.0 Å². The highest BCUT2D eigenvalue weighted by atomic mass is 32.2. The molecule has 0 spiro atoms. The summed E-state index contributed by atoms with van der Waals surface area (Å²) in [5.41, 5.74) is 8.46. The molecule has 0 unspecified atom stereocenters. The van der Waals surface area contributed by atoms with Gasteiger partial charge in [-0.1, -0.05) is 36.0 Å². The maximum atomic E-state index is 12.6. The van der Waals surface area contributed by atoms with Crippen molar-refractivity contribution in [2.45, 2.75) is 39.8 Å². The van der Waals surface area contributed by atoms with Crippen LogP contribution in [0.15, 0.2) is 41.6 Å². The molecule has 0 atom stereocenters. The summed E-state index contributed by atoms with van der Waals surface area (Å²) in [6.07, 6.45) is 0. The van der Waals surface area contributed by atoms with E-state index in [1.54, 1.807) is 0 Å². The second-order valence-corrected chi connectivity index (χ2v) is 8.51. The maximum absolute atomic E-state index is 12.6. The van der Waals surface area contributed by atoms with E-state index >= 15 is 0 Å². The van der Waals surface area contributed by atoms with Crippen molar-refractivity contribution in [2.24, 2.45) is 0 Å². The minimum absolute atomic E-state index is 0.0506. The predicted octanol–water partition coefficient (Wildman–Crippen LogP) is 5.16. The van der Waals surface area contributed by atoms with Gasteiger partial charge in [-0.25, -0.2) is 0 Å². The number of hydrogen-bond donors (Lipinski definition) is 1. The molecule has 0 saturated carbocycles. The van der Waals surface area contributed by atoms with Crippen LogP contribution < -0.4 is 5.32 Å². The van der Waals surface area contributed by atoms with Crippen molar-refractivity contribution in [1.29, 1.82) is 0 Å². The first kappa shape index (κ1) is 19.5. The van der Waals surface area contributed by atoms with Gasteiger partial charge < -0.3 is 5.32 Å². The molecule has 4 aromatic rings. The van der Waals surface area contributed by atoms with E-state index in [0.717, 1.165) is 44.1 Å². The number of carbonyl (C=O) groups is 1. The molecule has 2 aromatic heterocycles. The molecule has 29 heavy (non-hydrogen) atoms. The molecule has 2 aromatic carbocycles. The monoisotopic (exact) mass is 404 g/mol. The number of rotatable bonds is 4. The number of anilines is 1. The first-order valence-corrected chi connectivity index (χ1v) is 10.6. The van der Waals surface area contributed by atoms with Gasteiger partial charge in [-0.15, -0.1) is 10.2 Å². The minimum atomic E-state index is -0.0506. The van der Waals surface area contributed by atoms with Gasteiger partial charge in [0, 0.05) is 5.69 Å². The molecule has 0 aliphatic rings. The maximum Gasteiger partial charge on any atom is 0.234 e. The minimum Gasteiger partial charge on any atom is -0.325 e.